The Labute approximate surface area is 135 Å². The van der Waals surface area contributed by atoms with Gasteiger partial charge in [0, 0.05) is 12.7 Å². The molecule has 1 aliphatic heterocycles. The Balaban J connectivity index is 1.78. The normalized spacial score (nSPS) is 21.2. The predicted octanol–water partition coefficient (Wildman–Crippen LogP) is 1.63. The molecule has 0 bridgehead atoms. The fourth-order valence-corrected chi connectivity index (χ4v) is 2.85. The Hall–Kier alpha value is -2.42. The summed E-state index contributed by atoms with van der Waals surface area (Å²) < 4.78 is 39.3. The number of carbonyl (C=O) groups excluding carboxylic acids is 1. The topological polar surface area (TPSA) is 71.2 Å². The number of carbonyl (C=O) groups is 1. The van der Waals surface area contributed by atoms with Crippen LogP contribution in [0.5, 0.6) is 0 Å². The lowest BCUT2D eigenvalue weighted by atomic mass is 10.0. The summed E-state index contributed by atoms with van der Waals surface area (Å²) >= 11 is 0. The van der Waals surface area contributed by atoms with Gasteiger partial charge >= 0.3 is 6.18 Å². The molecule has 1 aromatic carbocycles. The molecular formula is C15H15F3N4O2. The highest BCUT2D eigenvalue weighted by molar-refractivity contribution is 5.77. The Morgan fingerprint density at radius 1 is 1.29 bits per heavy atom. The number of likely N-dealkylation sites (tertiary alicyclic amines) is 1. The first-order valence-corrected chi connectivity index (χ1v) is 7.33. The van der Waals surface area contributed by atoms with E-state index in [2.05, 4.69) is 10.3 Å². The molecule has 0 unspecified atom stereocenters. The molecular weight excluding hydrogens is 325 g/mol. The summed E-state index contributed by atoms with van der Waals surface area (Å²) in [5.74, 6) is -0.276. The van der Waals surface area contributed by atoms with Gasteiger partial charge in [-0.2, -0.15) is 13.2 Å². The van der Waals surface area contributed by atoms with E-state index in [1.165, 1.54) is 34.1 Å². The maximum atomic E-state index is 12.7. The van der Waals surface area contributed by atoms with Gasteiger partial charge in [-0.1, -0.05) is 17.3 Å². The van der Waals surface area contributed by atoms with Crippen LogP contribution in [0.15, 0.2) is 36.7 Å². The summed E-state index contributed by atoms with van der Waals surface area (Å²) in [7, 11) is 0. The van der Waals surface area contributed by atoms with Crippen LogP contribution in [0, 0.1) is 0 Å². The van der Waals surface area contributed by atoms with Gasteiger partial charge in [0.15, 0.2) is 0 Å². The van der Waals surface area contributed by atoms with Crippen molar-refractivity contribution in [2.24, 2.45) is 0 Å². The lowest BCUT2D eigenvalue weighted by Crippen LogP contribution is -2.34. The van der Waals surface area contributed by atoms with Crippen LogP contribution in [0.3, 0.4) is 0 Å². The van der Waals surface area contributed by atoms with Gasteiger partial charge < -0.3 is 10.0 Å². The van der Waals surface area contributed by atoms with E-state index >= 15 is 0 Å². The molecule has 2 atom stereocenters. The number of halogens is 3. The molecule has 1 aromatic heterocycles. The first-order valence-electron chi connectivity index (χ1n) is 7.33. The molecule has 24 heavy (non-hydrogen) atoms. The summed E-state index contributed by atoms with van der Waals surface area (Å²) in [5, 5.41) is 17.2. The van der Waals surface area contributed by atoms with E-state index in [-0.39, 0.29) is 25.4 Å². The van der Waals surface area contributed by atoms with E-state index in [0.717, 1.165) is 12.1 Å². The molecule has 6 nitrogen and oxygen atoms in total. The highest BCUT2D eigenvalue weighted by atomic mass is 19.4. The number of amides is 1. The zero-order valence-electron chi connectivity index (χ0n) is 12.5. The van der Waals surface area contributed by atoms with Crippen molar-refractivity contribution < 1.29 is 23.1 Å². The largest absolute Gasteiger partial charge is 0.416 e. The maximum absolute atomic E-state index is 12.7. The van der Waals surface area contributed by atoms with Crippen molar-refractivity contribution in [2.45, 2.75) is 31.3 Å². The minimum Gasteiger partial charge on any atom is -0.391 e. The third kappa shape index (κ3) is 3.40. The first kappa shape index (κ1) is 16.4. The van der Waals surface area contributed by atoms with Gasteiger partial charge in [0.2, 0.25) is 5.91 Å². The molecule has 1 fully saturated rings. The molecule has 0 radical (unpaired) electrons. The highest BCUT2D eigenvalue weighted by Gasteiger charge is 2.36. The maximum Gasteiger partial charge on any atom is 0.416 e. The quantitative estimate of drug-likeness (QED) is 0.922. The van der Waals surface area contributed by atoms with E-state index in [0.29, 0.717) is 5.56 Å². The van der Waals surface area contributed by atoms with Crippen molar-refractivity contribution in [3.05, 3.63) is 47.8 Å². The molecule has 1 saturated heterocycles. The molecule has 0 aliphatic carbocycles. The summed E-state index contributed by atoms with van der Waals surface area (Å²) in [6, 6.07) is 4.21. The number of benzene rings is 1. The monoisotopic (exact) mass is 340 g/mol. The van der Waals surface area contributed by atoms with Crippen molar-refractivity contribution in [3.8, 4) is 0 Å². The van der Waals surface area contributed by atoms with Crippen LogP contribution in [0.25, 0.3) is 0 Å². The average Bonchev–Trinajstić information content (AvgIpc) is 3.16. The van der Waals surface area contributed by atoms with E-state index in [1.807, 2.05) is 0 Å². The summed E-state index contributed by atoms with van der Waals surface area (Å²) in [4.78, 5) is 13.9. The van der Waals surface area contributed by atoms with Crippen LogP contribution in [-0.2, 0) is 17.5 Å². The minimum atomic E-state index is -4.41. The first-order chi connectivity index (χ1) is 11.3. The molecule has 0 saturated carbocycles. The van der Waals surface area contributed by atoms with E-state index in [1.54, 1.807) is 0 Å². The lowest BCUT2D eigenvalue weighted by Gasteiger charge is -2.25. The summed E-state index contributed by atoms with van der Waals surface area (Å²) in [6.07, 6.45) is -1.85. The Bertz CT molecular complexity index is 701. The lowest BCUT2D eigenvalue weighted by molar-refractivity contribution is -0.137. The number of hydrogen-bond donors (Lipinski definition) is 1. The third-order valence-electron chi connectivity index (χ3n) is 3.99. The van der Waals surface area contributed by atoms with Crippen LogP contribution in [0.2, 0.25) is 0 Å². The van der Waals surface area contributed by atoms with Crippen molar-refractivity contribution in [1.82, 2.24) is 19.9 Å². The molecule has 128 valence electrons. The van der Waals surface area contributed by atoms with Crippen LogP contribution in [-0.4, -0.2) is 43.6 Å². The number of aliphatic hydroxyl groups excluding tert-OH is 1. The molecule has 1 amide bonds. The Morgan fingerprint density at radius 3 is 2.58 bits per heavy atom. The number of nitrogens with zero attached hydrogens (tertiary/aromatic N) is 4. The molecule has 2 aromatic rings. The van der Waals surface area contributed by atoms with Gasteiger partial charge in [0.05, 0.1) is 23.9 Å². The van der Waals surface area contributed by atoms with Crippen molar-refractivity contribution >= 4 is 5.91 Å². The van der Waals surface area contributed by atoms with E-state index < -0.39 is 23.9 Å². The van der Waals surface area contributed by atoms with Gasteiger partial charge in [-0.05, 0) is 24.1 Å². The zero-order chi connectivity index (χ0) is 17.3. The number of aliphatic hydroxyl groups is 1. The SMILES string of the molecule is O=C(Cn1ccnn1)N1C[C@@H](O)C[C@H]1c1ccc(C(F)(F)F)cc1. The molecule has 0 spiro atoms. The summed E-state index contributed by atoms with van der Waals surface area (Å²) in [6.45, 7) is 0.100. The highest BCUT2D eigenvalue weighted by Crippen LogP contribution is 2.35. The predicted molar refractivity (Wildman–Crippen MR) is 76.5 cm³/mol. The fourth-order valence-electron chi connectivity index (χ4n) is 2.85. The van der Waals surface area contributed by atoms with Gasteiger partial charge in [0.1, 0.15) is 6.54 Å². The minimum absolute atomic E-state index is 0.0378. The molecule has 1 N–H and O–H groups in total. The number of alkyl halides is 3. The van der Waals surface area contributed by atoms with Crippen LogP contribution in [0.1, 0.15) is 23.6 Å². The van der Waals surface area contributed by atoms with Crippen LogP contribution < -0.4 is 0 Å². The third-order valence-corrected chi connectivity index (χ3v) is 3.99. The summed E-state index contributed by atoms with van der Waals surface area (Å²) in [5.41, 5.74) is -0.184. The second-order valence-corrected chi connectivity index (χ2v) is 5.67. The fraction of sp³-hybridized carbons (Fsp3) is 0.400. The Kier molecular flexibility index (Phi) is 4.27. The standard InChI is InChI=1S/C15H15F3N4O2/c16-15(17,18)11-3-1-10(2-4-11)13-7-12(23)8-22(13)14(24)9-21-6-5-19-20-21/h1-6,12-13,23H,7-9H2/t12-,13-/m0/s1. The number of hydrogen-bond acceptors (Lipinski definition) is 4. The molecule has 3 rings (SSSR count). The van der Waals surface area contributed by atoms with E-state index in [4.69, 9.17) is 0 Å². The van der Waals surface area contributed by atoms with Gasteiger partial charge in [-0.3, -0.25) is 4.79 Å². The van der Waals surface area contributed by atoms with Crippen molar-refractivity contribution in [2.75, 3.05) is 6.54 Å². The van der Waals surface area contributed by atoms with Crippen LogP contribution in [0.4, 0.5) is 13.2 Å². The van der Waals surface area contributed by atoms with Gasteiger partial charge in [-0.15, -0.1) is 5.10 Å². The molecule has 9 heteroatoms. The van der Waals surface area contributed by atoms with Crippen LogP contribution >= 0.6 is 0 Å². The van der Waals surface area contributed by atoms with E-state index in [9.17, 15) is 23.1 Å². The Morgan fingerprint density at radius 2 is 2.00 bits per heavy atom. The van der Waals surface area contributed by atoms with Gasteiger partial charge in [0.25, 0.3) is 0 Å². The van der Waals surface area contributed by atoms with Crippen molar-refractivity contribution in [1.29, 1.82) is 0 Å². The van der Waals surface area contributed by atoms with Crippen molar-refractivity contribution in [3.63, 3.8) is 0 Å². The number of β-amino-alcohol motifs (C(OH)–C–C–N with tert-alkyl or cyclic N) is 1. The second-order valence-electron chi connectivity index (χ2n) is 5.67. The number of rotatable bonds is 3. The molecule has 1 aliphatic rings. The second kappa shape index (κ2) is 6.23. The average molecular weight is 340 g/mol. The smallest absolute Gasteiger partial charge is 0.391 e. The van der Waals surface area contributed by atoms with Gasteiger partial charge in [-0.25, -0.2) is 4.68 Å². The number of aromatic nitrogens is 3. The zero-order valence-corrected chi connectivity index (χ0v) is 12.5. The molecule has 2 heterocycles.